The highest BCUT2D eigenvalue weighted by atomic mass is 19.3. The summed E-state index contributed by atoms with van der Waals surface area (Å²) in [5.41, 5.74) is 2.83. The first-order valence-corrected chi connectivity index (χ1v) is 11.6. The summed E-state index contributed by atoms with van der Waals surface area (Å²) < 4.78 is 33.5. The lowest BCUT2D eigenvalue weighted by Crippen LogP contribution is -2.61. The van der Waals surface area contributed by atoms with Crippen molar-refractivity contribution in [3.8, 4) is 11.1 Å². The Bertz CT molecular complexity index is 1110. The number of amides is 2. The summed E-state index contributed by atoms with van der Waals surface area (Å²) >= 11 is 0. The van der Waals surface area contributed by atoms with E-state index in [0.29, 0.717) is 0 Å². The van der Waals surface area contributed by atoms with Crippen LogP contribution in [-0.4, -0.2) is 59.1 Å². The molecule has 186 valence electrons. The third-order valence-electron chi connectivity index (χ3n) is 7.11. The fraction of sp³-hybridized carbons (Fsp3) is 0.423. The first-order valence-electron chi connectivity index (χ1n) is 11.6. The van der Waals surface area contributed by atoms with E-state index >= 15 is 0 Å². The maximum absolute atomic E-state index is 14.0. The molecule has 35 heavy (non-hydrogen) atoms. The molecule has 2 amide bonds. The number of piperidine rings is 1. The maximum Gasteiger partial charge on any atom is 0.408 e. The molecule has 2 atom stereocenters. The third-order valence-corrected chi connectivity index (χ3v) is 7.11. The molecule has 1 heterocycles. The lowest BCUT2D eigenvalue weighted by atomic mass is 9.90. The molecule has 1 aliphatic heterocycles. The van der Waals surface area contributed by atoms with Crippen molar-refractivity contribution < 1.29 is 33.0 Å². The number of aliphatic carboxylic acids is 1. The van der Waals surface area contributed by atoms with Gasteiger partial charge in [-0.2, -0.15) is 0 Å². The van der Waals surface area contributed by atoms with Crippen LogP contribution in [0.2, 0.25) is 0 Å². The summed E-state index contributed by atoms with van der Waals surface area (Å²) in [7, 11) is 0. The average Bonchev–Trinajstić information content (AvgIpc) is 3.15. The number of likely N-dealkylation sites (tertiary alicyclic amines) is 1. The quantitative estimate of drug-likeness (QED) is 0.636. The van der Waals surface area contributed by atoms with Gasteiger partial charge in [-0.15, -0.1) is 0 Å². The van der Waals surface area contributed by atoms with E-state index in [9.17, 15) is 28.3 Å². The van der Waals surface area contributed by atoms with Gasteiger partial charge in [0.15, 0.2) is 0 Å². The zero-order valence-corrected chi connectivity index (χ0v) is 19.6. The lowest BCUT2D eigenvalue weighted by molar-refractivity contribution is -0.171. The van der Waals surface area contributed by atoms with Crippen LogP contribution in [-0.2, 0) is 14.3 Å². The standard InChI is InChI=1S/C26H28F2N2O5/c1-3-25(2,23(33)30-13-12-26(27,28)21(14-30)22(31)32)29-24(34)35-15-20-18-10-6-4-8-16(18)17-9-5-7-11-19(17)20/h4-11,20-21H,3,12-15H2,1-2H3,(H,29,34)(H,31,32). The van der Waals surface area contributed by atoms with Crippen LogP contribution in [0.3, 0.4) is 0 Å². The summed E-state index contributed by atoms with van der Waals surface area (Å²) in [5, 5.41) is 11.8. The number of nitrogens with zero attached hydrogens (tertiary/aromatic N) is 1. The summed E-state index contributed by atoms with van der Waals surface area (Å²) in [6.45, 7) is 2.31. The number of fused-ring (bicyclic) bond motifs is 3. The second kappa shape index (κ2) is 9.28. The molecule has 2 aromatic carbocycles. The number of alkyl halides is 2. The van der Waals surface area contributed by atoms with Gasteiger partial charge in [0.2, 0.25) is 5.91 Å². The molecule has 4 rings (SSSR count). The number of carboxylic acid groups (broad SMARTS) is 1. The Hall–Kier alpha value is -3.49. The topological polar surface area (TPSA) is 95.9 Å². The first kappa shape index (κ1) is 24.6. The normalized spacial score (nSPS) is 20.3. The van der Waals surface area contributed by atoms with Crippen molar-refractivity contribution in [1.82, 2.24) is 10.2 Å². The molecule has 2 aliphatic rings. The number of carbonyl (C=O) groups is 3. The highest BCUT2D eigenvalue weighted by Gasteiger charge is 2.51. The molecular weight excluding hydrogens is 458 g/mol. The van der Waals surface area contributed by atoms with Gasteiger partial charge in [0.1, 0.15) is 18.1 Å². The molecule has 2 unspecified atom stereocenters. The van der Waals surface area contributed by atoms with Gasteiger partial charge in [-0.05, 0) is 35.6 Å². The number of halogens is 2. The molecule has 2 N–H and O–H groups in total. The van der Waals surface area contributed by atoms with Gasteiger partial charge in [0, 0.05) is 25.4 Å². The van der Waals surface area contributed by atoms with Crippen LogP contribution in [0.1, 0.15) is 43.7 Å². The van der Waals surface area contributed by atoms with Crippen molar-refractivity contribution in [3.05, 3.63) is 59.7 Å². The molecule has 1 aliphatic carbocycles. The van der Waals surface area contributed by atoms with Gasteiger partial charge in [0.25, 0.3) is 5.92 Å². The highest BCUT2D eigenvalue weighted by molar-refractivity contribution is 5.90. The highest BCUT2D eigenvalue weighted by Crippen LogP contribution is 2.44. The molecule has 7 nitrogen and oxygen atoms in total. The van der Waals surface area contributed by atoms with Gasteiger partial charge in [0.05, 0.1) is 0 Å². The van der Waals surface area contributed by atoms with E-state index < -0.39 is 48.3 Å². The van der Waals surface area contributed by atoms with E-state index in [2.05, 4.69) is 5.32 Å². The molecule has 0 spiro atoms. The smallest absolute Gasteiger partial charge is 0.408 e. The van der Waals surface area contributed by atoms with Crippen LogP contribution in [0.4, 0.5) is 13.6 Å². The summed E-state index contributed by atoms with van der Waals surface area (Å²) in [4.78, 5) is 38.3. The van der Waals surface area contributed by atoms with E-state index in [1.54, 1.807) is 6.92 Å². The average molecular weight is 487 g/mol. The number of benzene rings is 2. The number of alkyl carbamates (subject to hydrolysis) is 1. The van der Waals surface area contributed by atoms with E-state index in [1.165, 1.54) is 6.92 Å². The molecule has 1 saturated heterocycles. The predicted octanol–water partition coefficient (Wildman–Crippen LogP) is 4.26. The van der Waals surface area contributed by atoms with Crippen LogP contribution in [0.15, 0.2) is 48.5 Å². The van der Waals surface area contributed by atoms with Crippen LogP contribution in [0.5, 0.6) is 0 Å². The predicted molar refractivity (Wildman–Crippen MR) is 124 cm³/mol. The first-order chi connectivity index (χ1) is 16.6. The van der Waals surface area contributed by atoms with Gasteiger partial charge in [-0.1, -0.05) is 55.5 Å². The van der Waals surface area contributed by atoms with Crippen molar-refractivity contribution in [1.29, 1.82) is 0 Å². The monoisotopic (exact) mass is 486 g/mol. The van der Waals surface area contributed by atoms with Crippen LogP contribution < -0.4 is 5.32 Å². The van der Waals surface area contributed by atoms with E-state index in [-0.39, 0.29) is 25.5 Å². The van der Waals surface area contributed by atoms with Crippen molar-refractivity contribution in [2.24, 2.45) is 5.92 Å². The zero-order valence-electron chi connectivity index (χ0n) is 19.6. The molecule has 0 radical (unpaired) electrons. The second-order valence-corrected chi connectivity index (χ2v) is 9.29. The minimum Gasteiger partial charge on any atom is -0.481 e. The van der Waals surface area contributed by atoms with Gasteiger partial charge in [-0.25, -0.2) is 13.6 Å². The number of carbonyl (C=O) groups excluding carboxylic acids is 2. The Labute approximate surface area is 202 Å². The number of nitrogens with one attached hydrogen (secondary N) is 1. The number of hydrogen-bond donors (Lipinski definition) is 2. The SMILES string of the molecule is CCC(C)(NC(=O)OCC1c2ccccc2-c2ccccc21)C(=O)N1CCC(F)(F)C(C(=O)O)C1. The Balaban J connectivity index is 1.43. The summed E-state index contributed by atoms with van der Waals surface area (Å²) in [6.07, 6.45) is -1.39. The Kier molecular flexibility index (Phi) is 6.53. The Morgan fingerprint density at radius 2 is 1.69 bits per heavy atom. The van der Waals surface area contributed by atoms with E-state index in [0.717, 1.165) is 27.2 Å². The van der Waals surface area contributed by atoms with Gasteiger partial charge >= 0.3 is 12.1 Å². The molecular formula is C26H28F2N2O5. The zero-order chi connectivity index (χ0) is 25.4. The largest absolute Gasteiger partial charge is 0.481 e. The second-order valence-electron chi connectivity index (χ2n) is 9.29. The van der Waals surface area contributed by atoms with E-state index in [1.807, 2.05) is 48.5 Å². The number of hydrogen-bond acceptors (Lipinski definition) is 4. The van der Waals surface area contributed by atoms with Crippen LogP contribution >= 0.6 is 0 Å². The molecule has 2 aromatic rings. The van der Waals surface area contributed by atoms with E-state index in [4.69, 9.17) is 4.74 Å². The van der Waals surface area contributed by atoms with Crippen LogP contribution in [0.25, 0.3) is 11.1 Å². The summed E-state index contributed by atoms with van der Waals surface area (Å²) in [6, 6.07) is 15.8. The van der Waals surface area contributed by atoms with Crippen molar-refractivity contribution >= 4 is 18.0 Å². The third kappa shape index (κ3) is 4.59. The summed E-state index contributed by atoms with van der Waals surface area (Å²) in [5.74, 6) is -7.82. The van der Waals surface area contributed by atoms with Gasteiger partial charge in [-0.3, -0.25) is 9.59 Å². The molecule has 0 aromatic heterocycles. The number of rotatable bonds is 6. The molecule has 1 fully saturated rings. The Morgan fingerprint density at radius 1 is 1.11 bits per heavy atom. The Morgan fingerprint density at radius 3 is 2.23 bits per heavy atom. The fourth-order valence-electron chi connectivity index (χ4n) is 4.85. The van der Waals surface area contributed by atoms with Crippen molar-refractivity contribution in [3.63, 3.8) is 0 Å². The minimum atomic E-state index is -3.40. The minimum absolute atomic E-state index is 0.0604. The van der Waals surface area contributed by atoms with Gasteiger partial charge < -0.3 is 20.1 Å². The van der Waals surface area contributed by atoms with Crippen molar-refractivity contribution in [2.75, 3.05) is 19.7 Å². The van der Waals surface area contributed by atoms with Crippen LogP contribution in [0, 0.1) is 5.92 Å². The van der Waals surface area contributed by atoms with Crippen molar-refractivity contribution in [2.45, 2.75) is 44.1 Å². The fourth-order valence-corrected chi connectivity index (χ4v) is 4.85. The molecule has 0 saturated carbocycles. The lowest BCUT2D eigenvalue weighted by Gasteiger charge is -2.40. The maximum atomic E-state index is 14.0. The number of carboxylic acids is 1. The molecule has 0 bridgehead atoms. The molecule has 9 heteroatoms. The number of ether oxygens (including phenoxy) is 1.